The summed E-state index contributed by atoms with van der Waals surface area (Å²) in [7, 11) is -2.32. The summed E-state index contributed by atoms with van der Waals surface area (Å²) in [6.45, 7) is 1.28. The molecule has 0 spiro atoms. The number of nitrogens with zero attached hydrogens (tertiary/aromatic N) is 3. The number of hydrogen-bond acceptors (Lipinski definition) is 5. The molecule has 1 aromatic heterocycles. The molecule has 0 saturated heterocycles. The Hall–Kier alpha value is -2.33. The number of aromatic nitrogens is 2. The van der Waals surface area contributed by atoms with Crippen LogP contribution in [0.25, 0.3) is 0 Å². The largest absolute Gasteiger partial charge is 0.276 e. The molecule has 2 aromatic rings. The fourth-order valence-electron chi connectivity index (χ4n) is 2.03. The highest BCUT2D eigenvalue weighted by atomic mass is 32.2. The smallest absolute Gasteiger partial charge is 0.273 e. The van der Waals surface area contributed by atoms with Crippen molar-refractivity contribution in [2.45, 2.75) is 18.2 Å². The van der Waals surface area contributed by atoms with Crippen LogP contribution in [0.4, 0.5) is 10.1 Å². The molecule has 2 rings (SSSR count). The third kappa shape index (κ3) is 3.71. The molecule has 0 atom stereocenters. The van der Waals surface area contributed by atoms with E-state index in [2.05, 4.69) is 9.82 Å². The zero-order chi connectivity index (χ0) is 17.2. The van der Waals surface area contributed by atoms with Gasteiger partial charge in [-0.05, 0) is 19.1 Å². The maximum absolute atomic E-state index is 13.7. The second-order valence-electron chi connectivity index (χ2n) is 4.90. The molecule has 0 aliphatic carbocycles. The van der Waals surface area contributed by atoms with Crippen LogP contribution in [0.5, 0.6) is 0 Å². The summed E-state index contributed by atoms with van der Waals surface area (Å²) in [6.07, 6.45) is 1.97. The molecule has 0 amide bonds. The molecule has 0 saturated carbocycles. The van der Waals surface area contributed by atoms with Crippen LogP contribution in [-0.2, 0) is 23.5 Å². The van der Waals surface area contributed by atoms with E-state index in [0.29, 0.717) is 6.42 Å². The fourth-order valence-corrected chi connectivity index (χ4v) is 3.09. The van der Waals surface area contributed by atoms with Gasteiger partial charge in [-0.15, -0.1) is 0 Å². The second-order valence-corrected chi connectivity index (χ2v) is 6.67. The molecular weight excluding hydrogens is 327 g/mol. The summed E-state index contributed by atoms with van der Waals surface area (Å²) in [5.74, 6) is -0.939. The van der Waals surface area contributed by atoms with Crippen molar-refractivity contribution >= 4 is 15.7 Å². The van der Waals surface area contributed by atoms with E-state index in [9.17, 15) is 22.9 Å². The van der Waals surface area contributed by atoms with Crippen molar-refractivity contribution < 1.29 is 17.7 Å². The van der Waals surface area contributed by atoms with Crippen molar-refractivity contribution in [2.75, 3.05) is 6.54 Å². The first-order valence-electron chi connectivity index (χ1n) is 6.63. The van der Waals surface area contributed by atoms with E-state index in [1.165, 1.54) is 6.92 Å². The highest BCUT2D eigenvalue weighted by Crippen LogP contribution is 2.25. The number of nitrogens with one attached hydrogen (secondary N) is 1. The van der Waals surface area contributed by atoms with Gasteiger partial charge < -0.3 is 0 Å². The fraction of sp³-hybridized carbons (Fsp3) is 0.308. The van der Waals surface area contributed by atoms with Gasteiger partial charge in [-0.1, -0.05) is 0 Å². The molecule has 124 valence electrons. The van der Waals surface area contributed by atoms with E-state index >= 15 is 0 Å². The van der Waals surface area contributed by atoms with Gasteiger partial charge in [0.15, 0.2) is 0 Å². The Bertz CT molecular complexity index is 848. The molecule has 0 aliphatic rings. The molecule has 1 N–H and O–H groups in total. The standard InChI is InChI=1S/C13H15FN4O4S/c1-9-12(14)7-11(8-13(9)18(19)20)23(21,22)16-6-4-10-3-5-15-17(10)2/h3,5,7-8,16H,4,6H2,1-2H3. The van der Waals surface area contributed by atoms with Crippen molar-refractivity contribution in [3.05, 3.63) is 51.6 Å². The van der Waals surface area contributed by atoms with Crippen LogP contribution >= 0.6 is 0 Å². The lowest BCUT2D eigenvalue weighted by Gasteiger charge is -2.08. The molecule has 1 heterocycles. The lowest BCUT2D eigenvalue weighted by Crippen LogP contribution is -2.26. The van der Waals surface area contributed by atoms with Gasteiger partial charge in [0.1, 0.15) is 5.82 Å². The summed E-state index contributed by atoms with van der Waals surface area (Å²) < 4.78 is 41.9. The van der Waals surface area contributed by atoms with Crippen molar-refractivity contribution in [3.63, 3.8) is 0 Å². The monoisotopic (exact) mass is 342 g/mol. The number of aryl methyl sites for hydroxylation is 1. The van der Waals surface area contributed by atoms with Crippen molar-refractivity contribution in [1.82, 2.24) is 14.5 Å². The lowest BCUT2D eigenvalue weighted by molar-refractivity contribution is -0.385. The van der Waals surface area contributed by atoms with Crippen LogP contribution in [0.1, 0.15) is 11.3 Å². The number of nitro benzene ring substituents is 1. The van der Waals surface area contributed by atoms with E-state index in [1.807, 2.05) is 0 Å². The maximum atomic E-state index is 13.7. The summed E-state index contributed by atoms with van der Waals surface area (Å²) in [6, 6.07) is 3.37. The Morgan fingerprint density at radius 3 is 2.70 bits per heavy atom. The van der Waals surface area contributed by atoms with Crippen LogP contribution in [-0.4, -0.2) is 29.7 Å². The summed E-state index contributed by atoms with van der Waals surface area (Å²) >= 11 is 0. The lowest BCUT2D eigenvalue weighted by atomic mass is 10.2. The Morgan fingerprint density at radius 2 is 2.13 bits per heavy atom. The number of sulfonamides is 1. The van der Waals surface area contributed by atoms with Crippen LogP contribution in [0.3, 0.4) is 0 Å². The van der Waals surface area contributed by atoms with Crippen LogP contribution in [0.2, 0.25) is 0 Å². The van der Waals surface area contributed by atoms with Gasteiger partial charge in [0.2, 0.25) is 10.0 Å². The maximum Gasteiger partial charge on any atom is 0.276 e. The Morgan fingerprint density at radius 1 is 1.43 bits per heavy atom. The molecule has 23 heavy (non-hydrogen) atoms. The predicted octanol–water partition coefficient (Wildman–Crippen LogP) is 1.30. The normalized spacial score (nSPS) is 11.6. The molecule has 0 radical (unpaired) electrons. The minimum Gasteiger partial charge on any atom is -0.273 e. The quantitative estimate of drug-likeness (QED) is 0.629. The highest BCUT2D eigenvalue weighted by molar-refractivity contribution is 7.89. The second kappa shape index (κ2) is 6.42. The zero-order valence-corrected chi connectivity index (χ0v) is 13.3. The van der Waals surface area contributed by atoms with E-state index in [-0.39, 0.29) is 12.1 Å². The summed E-state index contributed by atoms with van der Waals surface area (Å²) in [4.78, 5) is 9.59. The first-order valence-corrected chi connectivity index (χ1v) is 8.12. The van der Waals surface area contributed by atoms with Gasteiger partial charge in [0.05, 0.1) is 15.4 Å². The van der Waals surface area contributed by atoms with E-state index in [0.717, 1.165) is 17.8 Å². The molecule has 10 heteroatoms. The van der Waals surface area contributed by atoms with Gasteiger partial charge >= 0.3 is 0 Å². The molecular formula is C13H15FN4O4S. The van der Waals surface area contributed by atoms with Crippen LogP contribution in [0, 0.1) is 22.9 Å². The number of hydrogen-bond donors (Lipinski definition) is 1. The van der Waals surface area contributed by atoms with Crippen LogP contribution in [0.15, 0.2) is 29.3 Å². The topological polar surface area (TPSA) is 107 Å². The Labute approximate surface area is 132 Å². The van der Waals surface area contributed by atoms with Gasteiger partial charge in [-0.25, -0.2) is 17.5 Å². The number of halogens is 1. The molecule has 0 fully saturated rings. The Balaban J connectivity index is 2.19. The van der Waals surface area contributed by atoms with Crippen molar-refractivity contribution in [1.29, 1.82) is 0 Å². The van der Waals surface area contributed by atoms with Crippen molar-refractivity contribution in [3.8, 4) is 0 Å². The molecule has 0 unspecified atom stereocenters. The minimum atomic E-state index is -4.05. The predicted molar refractivity (Wildman–Crippen MR) is 79.9 cm³/mol. The van der Waals surface area contributed by atoms with Gasteiger partial charge in [-0.3, -0.25) is 14.8 Å². The van der Waals surface area contributed by atoms with Gasteiger partial charge in [0, 0.05) is 38.0 Å². The number of benzene rings is 1. The summed E-state index contributed by atoms with van der Waals surface area (Å²) in [5, 5.41) is 14.8. The average Bonchev–Trinajstić information content (AvgIpc) is 2.86. The van der Waals surface area contributed by atoms with Gasteiger partial charge in [-0.2, -0.15) is 5.10 Å². The first kappa shape index (κ1) is 17.0. The molecule has 8 nitrogen and oxygen atoms in total. The van der Waals surface area contributed by atoms with E-state index < -0.39 is 31.3 Å². The van der Waals surface area contributed by atoms with Crippen molar-refractivity contribution in [2.24, 2.45) is 7.05 Å². The van der Waals surface area contributed by atoms with E-state index in [4.69, 9.17) is 0 Å². The number of nitro groups is 1. The Kier molecular flexibility index (Phi) is 4.76. The van der Waals surface area contributed by atoms with Gasteiger partial charge in [0.25, 0.3) is 5.69 Å². The van der Waals surface area contributed by atoms with E-state index in [1.54, 1.807) is 24.0 Å². The zero-order valence-electron chi connectivity index (χ0n) is 12.5. The number of rotatable bonds is 6. The first-order chi connectivity index (χ1) is 10.7. The summed E-state index contributed by atoms with van der Waals surface area (Å²) in [5.41, 5.74) is 0.0367. The third-order valence-corrected chi connectivity index (χ3v) is 4.83. The average molecular weight is 342 g/mol. The SMILES string of the molecule is Cc1c(F)cc(S(=O)(=O)NCCc2ccnn2C)cc1[N+](=O)[O-]. The third-order valence-electron chi connectivity index (χ3n) is 3.39. The molecule has 1 aromatic carbocycles. The molecule has 0 bridgehead atoms. The highest BCUT2D eigenvalue weighted by Gasteiger charge is 2.23. The minimum absolute atomic E-state index is 0.0607. The molecule has 0 aliphatic heterocycles. The van der Waals surface area contributed by atoms with Crippen LogP contribution < -0.4 is 4.72 Å².